The number of aromatic amines is 2. The predicted molar refractivity (Wildman–Crippen MR) is 135 cm³/mol. The standard InChI is InChI=1S/C28H17F2N3O4/c29-13-5-7-20-17(11-13)25(34)23(27(36)32-20)22(16-9-10-31-19-4-2-1-3-15(16)19)24-26(35)18-12-14(30)6-8-21(18)33-28(24)37/h1-12,22H,(H2,32,34,36)(H2,33,35,37). The van der Waals surface area contributed by atoms with Gasteiger partial charge in [0, 0.05) is 22.4 Å². The number of pyridine rings is 3. The molecule has 3 aromatic carbocycles. The normalized spacial score (nSPS) is 11.6. The molecule has 37 heavy (non-hydrogen) atoms. The van der Waals surface area contributed by atoms with Crippen LogP contribution in [0.2, 0.25) is 0 Å². The molecule has 6 rings (SSSR count). The number of hydrogen-bond acceptors (Lipinski definition) is 5. The quantitative estimate of drug-likeness (QED) is 0.280. The van der Waals surface area contributed by atoms with E-state index in [-0.39, 0.29) is 32.9 Å². The number of aromatic hydroxyl groups is 2. The van der Waals surface area contributed by atoms with Gasteiger partial charge >= 0.3 is 0 Å². The van der Waals surface area contributed by atoms with E-state index >= 15 is 0 Å². The Bertz CT molecular complexity index is 1890. The molecule has 0 spiro atoms. The summed E-state index contributed by atoms with van der Waals surface area (Å²) in [6.45, 7) is 0. The van der Waals surface area contributed by atoms with Gasteiger partial charge in [0.05, 0.1) is 33.6 Å². The van der Waals surface area contributed by atoms with E-state index in [0.717, 1.165) is 24.3 Å². The van der Waals surface area contributed by atoms with Crippen LogP contribution >= 0.6 is 0 Å². The number of nitrogens with one attached hydrogen (secondary N) is 2. The Morgan fingerprint density at radius 1 is 0.703 bits per heavy atom. The number of fused-ring (bicyclic) bond motifs is 3. The number of para-hydroxylation sites is 1. The minimum Gasteiger partial charge on any atom is -0.507 e. The van der Waals surface area contributed by atoms with E-state index in [0.29, 0.717) is 16.5 Å². The fraction of sp³-hybridized carbons (Fsp3) is 0.0357. The van der Waals surface area contributed by atoms with Crippen molar-refractivity contribution in [2.75, 3.05) is 0 Å². The maximum absolute atomic E-state index is 14.1. The average Bonchev–Trinajstić information content (AvgIpc) is 2.88. The lowest BCUT2D eigenvalue weighted by Gasteiger charge is -2.22. The van der Waals surface area contributed by atoms with Crippen LogP contribution in [0, 0.1) is 11.6 Å². The molecule has 0 saturated carbocycles. The minimum absolute atomic E-state index is 0.0145. The smallest absolute Gasteiger partial charge is 0.256 e. The molecule has 0 radical (unpaired) electrons. The van der Waals surface area contributed by atoms with Crippen molar-refractivity contribution in [2.45, 2.75) is 5.92 Å². The molecule has 4 N–H and O–H groups in total. The third-order valence-corrected chi connectivity index (χ3v) is 6.54. The fourth-order valence-electron chi connectivity index (χ4n) is 4.89. The monoisotopic (exact) mass is 497 g/mol. The molecular weight excluding hydrogens is 480 g/mol. The first-order valence-electron chi connectivity index (χ1n) is 11.3. The summed E-state index contributed by atoms with van der Waals surface area (Å²) < 4.78 is 28.2. The van der Waals surface area contributed by atoms with Crippen LogP contribution in [0.4, 0.5) is 8.78 Å². The van der Waals surface area contributed by atoms with E-state index in [1.165, 1.54) is 18.3 Å². The van der Waals surface area contributed by atoms with E-state index in [4.69, 9.17) is 0 Å². The number of rotatable bonds is 3. The minimum atomic E-state index is -1.33. The van der Waals surface area contributed by atoms with Crippen LogP contribution in [0.25, 0.3) is 32.7 Å². The van der Waals surface area contributed by atoms with Crippen LogP contribution in [0.15, 0.2) is 82.5 Å². The largest absolute Gasteiger partial charge is 0.507 e. The molecule has 0 fully saturated rings. The molecule has 0 aliphatic heterocycles. The van der Waals surface area contributed by atoms with Crippen LogP contribution in [-0.2, 0) is 0 Å². The van der Waals surface area contributed by atoms with Gasteiger partial charge in [-0.3, -0.25) is 14.6 Å². The van der Waals surface area contributed by atoms with E-state index in [2.05, 4.69) is 15.0 Å². The van der Waals surface area contributed by atoms with Crippen molar-refractivity contribution in [1.29, 1.82) is 0 Å². The second-order valence-electron chi connectivity index (χ2n) is 8.66. The van der Waals surface area contributed by atoms with Gasteiger partial charge in [-0.05, 0) is 54.1 Å². The van der Waals surface area contributed by atoms with Gasteiger partial charge in [0.2, 0.25) is 0 Å². The van der Waals surface area contributed by atoms with Crippen LogP contribution in [0.5, 0.6) is 11.5 Å². The Kier molecular flexibility index (Phi) is 5.01. The zero-order valence-electron chi connectivity index (χ0n) is 18.9. The van der Waals surface area contributed by atoms with Crippen molar-refractivity contribution >= 4 is 32.7 Å². The average molecular weight is 497 g/mol. The molecule has 0 unspecified atom stereocenters. The Morgan fingerprint density at radius 3 is 1.81 bits per heavy atom. The van der Waals surface area contributed by atoms with Crippen LogP contribution in [-0.4, -0.2) is 25.2 Å². The van der Waals surface area contributed by atoms with Crippen molar-refractivity contribution in [2.24, 2.45) is 0 Å². The van der Waals surface area contributed by atoms with Crippen LogP contribution in [0.1, 0.15) is 22.6 Å². The van der Waals surface area contributed by atoms with Crippen molar-refractivity contribution in [3.05, 3.63) is 122 Å². The molecule has 0 aliphatic rings. The molecule has 7 nitrogen and oxygen atoms in total. The van der Waals surface area contributed by atoms with Crippen LogP contribution in [0.3, 0.4) is 0 Å². The van der Waals surface area contributed by atoms with Gasteiger partial charge in [-0.2, -0.15) is 0 Å². The van der Waals surface area contributed by atoms with Crippen molar-refractivity contribution < 1.29 is 19.0 Å². The summed E-state index contributed by atoms with van der Waals surface area (Å²) in [5.41, 5.74) is -0.790. The Hall–Kier alpha value is -5.05. The molecule has 0 amide bonds. The summed E-state index contributed by atoms with van der Waals surface area (Å²) in [7, 11) is 0. The zero-order valence-corrected chi connectivity index (χ0v) is 18.9. The fourth-order valence-corrected chi connectivity index (χ4v) is 4.89. The summed E-state index contributed by atoms with van der Waals surface area (Å²) in [5, 5.41) is 23.2. The highest BCUT2D eigenvalue weighted by atomic mass is 19.1. The number of hydrogen-bond donors (Lipinski definition) is 4. The SMILES string of the molecule is O=c1[nH]c2ccc(F)cc2c(O)c1C(c1c(O)c2cc(F)ccc2[nH]c1=O)c1ccnc2ccccc12. The van der Waals surface area contributed by atoms with E-state index in [9.17, 15) is 28.6 Å². The molecular formula is C28H17F2N3O4. The van der Waals surface area contributed by atoms with E-state index in [1.54, 1.807) is 30.3 Å². The molecule has 0 atom stereocenters. The van der Waals surface area contributed by atoms with Gasteiger partial charge in [-0.1, -0.05) is 18.2 Å². The third kappa shape index (κ3) is 3.51. The van der Waals surface area contributed by atoms with Gasteiger partial charge in [-0.25, -0.2) is 8.78 Å². The lowest BCUT2D eigenvalue weighted by molar-refractivity contribution is 0.462. The maximum atomic E-state index is 14.1. The highest BCUT2D eigenvalue weighted by Crippen LogP contribution is 2.43. The van der Waals surface area contributed by atoms with Crippen molar-refractivity contribution in [3.8, 4) is 11.5 Å². The molecule has 0 bridgehead atoms. The van der Waals surface area contributed by atoms with Crippen LogP contribution < -0.4 is 11.1 Å². The molecule has 9 heteroatoms. The molecule has 6 aromatic rings. The molecule has 3 heterocycles. The first-order valence-corrected chi connectivity index (χ1v) is 11.3. The van der Waals surface area contributed by atoms with Crippen molar-refractivity contribution in [3.63, 3.8) is 0 Å². The molecule has 182 valence electrons. The highest BCUT2D eigenvalue weighted by molar-refractivity contribution is 5.90. The van der Waals surface area contributed by atoms with Gasteiger partial charge in [0.25, 0.3) is 11.1 Å². The molecule has 3 aromatic heterocycles. The van der Waals surface area contributed by atoms with Crippen molar-refractivity contribution in [1.82, 2.24) is 15.0 Å². The van der Waals surface area contributed by atoms with Gasteiger partial charge in [-0.15, -0.1) is 0 Å². The summed E-state index contributed by atoms with van der Waals surface area (Å²) >= 11 is 0. The van der Waals surface area contributed by atoms with Gasteiger partial charge < -0.3 is 20.2 Å². The molecule has 0 saturated heterocycles. The lowest BCUT2D eigenvalue weighted by Crippen LogP contribution is -2.24. The summed E-state index contributed by atoms with van der Waals surface area (Å²) in [6, 6.07) is 15.6. The lowest BCUT2D eigenvalue weighted by atomic mass is 9.82. The van der Waals surface area contributed by atoms with E-state index in [1.807, 2.05) is 0 Å². The van der Waals surface area contributed by atoms with Gasteiger partial charge in [0.15, 0.2) is 0 Å². The van der Waals surface area contributed by atoms with E-state index < -0.39 is 40.2 Å². The zero-order chi connectivity index (χ0) is 25.8. The third-order valence-electron chi connectivity index (χ3n) is 6.54. The number of benzene rings is 3. The first-order chi connectivity index (χ1) is 17.8. The Morgan fingerprint density at radius 2 is 1.24 bits per heavy atom. The Balaban J connectivity index is 1.79. The second-order valence-corrected chi connectivity index (χ2v) is 8.66. The predicted octanol–water partition coefficient (Wildman–Crippen LogP) is 4.79. The summed E-state index contributed by atoms with van der Waals surface area (Å²) in [6.07, 6.45) is 1.47. The van der Waals surface area contributed by atoms with Gasteiger partial charge in [0.1, 0.15) is 23.1 Å². The molecule has 0 aliphatic carbocycles. The first kappa shape index (κ1) is 22.4. The number of halogens is 2. The summed E-state index contributed by atoms with van der Waals surface area (Å²) in [4.78, 5) is 36.4. The highest BCUT2D eigenvalue weighted by Gasteiger charge is 2.32. The number of H-pyrrole nitrogens is 2. The number of aromatic nitrogens is 3. The maximum Gasteiger partial charge on any atom is 0.256 e. The number of nitrogens with zero attached hydrogens (tertiary/aromatic N) is 1. The topological polar surface area (TPSA) is 119 Å². The summed E-state index contributed by atoms with van der Waals surface area (Å²) in [5.74, 6) is -3.73. The second kappa shape index (κ2) is 8.27. The Labute approximate surface area is 206 Å².